The summed E-state index contributed by atoms with van der Waals surface area (Å²) in [5.74, 6) is -0.526. The van der Waals surface area contributed by atoms with Gasteiger partial charge in [0.05, 0.1) is 16.3 Å². The molecule has 110 valence electrons. The number of anilines is 2. The van der Waals surface area contributed by atoms with Gasteiger partial charge in [0.25, 0.3) is 5.91 Å². The molecular weight excluding hydrogens is 278 g/mol. The van der Waals surface area contributed by atoms with Gasteiger partial charge in [-0.2, -0.15) is 0 Å². The predicted molar refractivity (Wildman–Crippen MR) is 81.1 cm³/mol. The quantitative estimate of drug-likeness (QED) is 0.722. The lowest BCUT2D eigenvalue weighted by Gasteiger charge is -2.29. The standard InChI is InChI=1S/C14H20ClN3O2/c15-12-8-9(16)7-11(14(17)20)13(12)18-5-1-3-10(18)4-2-6-19/h7-8,10,19H,1-6,16H2,(H2,17,20). The van der Waals surface area contributed by atoms with Crippen LogP contribution in [0.1, 0.15) is 36.0 Å². The van der Waals surface area contributed by atoms with E-state index in [1.807, 2.05) is 0 Å². The Hall–Kier alpha value is -1.46. The molecule has 2 rings (SSSR count). The fraction of sp³-hybridized carbons (Fsp3) is 0.500. The second-order valence-electron chi connectivity index (χ2n) is 5.12. The van der Waals surface area contributed by atoms with Gasteiger partial charge >= 0.3 is 0 Å². The number of hydrogen-bond donors (Lipinski definition) is 3. The van der Waals surface area contributed by atoms with Crippen LogP contribution in [0.5, 0.6) is 0 Å². The molecule has 0 saturated carbocycles. The van der Waals surface area contributed by atoms with E-state index in [0.29, 0.717) is 22.0 Å². The van der Waals surface area contributed by atoms with Crippen molar-refractivity contribution in [2.45, 2.75) is 31.7 Å². The molecule has 1 aromatic rings. The second-order valence-corrected chi connectivity index (χ2v) is 5.53. The summed E-state index contributed by atoms with van der Waals surface area (Å²) in [5.41, 5.74) is 12.7. The summed E-state index contributed by atoms with van der Waals surface area (Å²) < 4.78 is 0. The highest BCUT2D eigenvalue weighted by atomic mass is 35.5. The number of carbonyl (C=O) groups excluding carboxylic acids is 1. The van der Waals surface area contributed by atoms with Crippen molar-refractivity contribution in [1.82, 2.24) is 0 Å². The molecule has 1 heterocycles. The predicted octanol–water partition coefficient (Wildman–Crippen LogP) is 1.76. The van der Waals surface area contributed by atoms with E-state index in [9.17, 15) is 4.79 Å². The number of aliphatic hydroxyl groups excluding tert-OH is 1. The lowest BCUT2D eigenvalue weighted by Crippen LogP contribution is -2.32. The number of amides is 1. The molecule has 0 aliphatic carbocycles. The first kappa shape index (κ1) is 14.9. The van der Waals surface area contributed by atoms with Crippen molar-refractivity contribution in [2.75, 3.05) is 23.8 Å². The van der Waals surface area contributed by atoms with Gasteiger partial charge in [0.1, 0.15) is 0 Å². The average Bonchev–Trinajstić information content (AvgIpc) is 2.83. The van der Waals surface area contributed by atoms with Crippen molar-refractivity contribution in [1.29, 1.82) is 0 Å². The lowest BCUT2D eigenvalue weighted by atomic mass is 10.1. The molecule has 6 heteroatoms. The van der Waals surface area contributed by atoms with Crippen molar-refractivity contribution in [3.63, 3.8) is 0 Å². The molecule has 1 aliphatic heterocycles. The summed E-state index contributed by atoms with van der Waals surface area (Å²) in [6.45, 7) is 1.00. The first-order valence-corrected chi connectivity index (χ1v) is 7.18. The molecule has 20 heavy (non-hydrogen) atoms. The van der Waals surface area contributed by atoms with E-state index >= 15 is 0 Å². The number of rotatable bonds is 5. The zero-order valence-corrected chi connectivity index (χ0v) is 12.1. The molecule has 0 bridgehead atoms. The van der Waals surface area contributed by atoms with Gasteiger partial charge < -0.3 is 21.5 Å². The Labute approximate surface area is 123 Å². The van der Waals surface area contributed by atoms with Crippen LogP contribution in [-0.4, -0.2) is 30.2 Å². The Morgan fingerprint density at radius 3 is 2.90 bits per heavy atom. The SMILES string of the molecule is NC(=O)c1cc(N)cc(Cl)c1N1CCCC1CCCO. The molecule has 0 radical (unpaired) electrons. The minimum atomic E-state index is -0.526. The first-order chi connectivity index (χ1) is 9.54. The first-order valence-electron chi connectivity index (χ1n) is 6.81. The molecule has 5 nitrogen and oxygen atoms in total. The Morgan fingerprint density at radius 2 is 2.25 bits per heavy atom. The van der Waals surface area contributed by atoms with Crippen LogP contribution in [0.3, 0.4) is 0 Å². The van der Waals surface area contributed by atoms with Crippen LogP contribution in [0.2, 0.25) is 5.02 Å². The minimum Gasteiger partial charge on any atom is -0.399 e. The molecule has 1 fully saturated rings. The number of hydrogen-bond acceptors (Lipinski definition) is 4. The zero-order chi connectivity index (χ0) is 14.7. The maximum absolute atomic E-state index is 11.6. The van der Waals surface area contributed by atoms with Crippen LogP contribution in [0.25, 0.3) is 0 Å². The van der Waals surface area contributed by atoms with Gasteiger partial charge in [-0.3, -0.25) is 4.79 Å². The summed E-state index contributed by atoms with van der Waals surface area (Å²) in [5, 5.41) is 9.44. The summed E-state index contributed by atoms with van der Waals surface area (Å²) >= 11 is 6.28. The van der Waals surface area contributed by atoms with Crippen molar-refractivity contribution in [3.8, 4) is 0 Å². The third kappa shape index (κ3) is 2.99. The molecule has 1 aliphatic rings. The van der Waals surface area contributed by atoms with E-state index < -0.39 is 5.91 Å². The van der Waals surface area contributed by atoms with Crippen molar-refractivity contribution in [2.24, 2.45) is 5.73 Å². The van der Waals surface area contributed by atoms with Gasteiger partial charge in [-0.25, -0.2) is 0 Å². The largest absolute Gasteiger partial charge is 0.399 e. The number of nitrogen functional groups attached to an aromatic ring is 1. The van der Waals surface area contributed by atoms with Crippen LogP contribution in [0, 0.1) is 0 Å². The van der Waals surface area contributed by atoms with E-state index in [1.54, 1.807) is 12.1 Å². The third-order valence-electron chi connectivity index (χ3n) is 3.71. The number of aliphatic hydroxyl groups is 1. The van der Waals surface area contributed by atoms with E-state index in [2.05, 4.69) is 4.90 Å². The van der Waals surface area contributed by atoms with Gasteiger partial charge in [-0.15, -0.1) is 0 Å². The van der Waals surface area contributed by atoms with Gasteiger partial charge in [0.2, 0.25) is 0 Å². The maximum atomic E-state index is 11.6. The van der Waals surface area contributed by atoms with E-state index in [-0.39, 0.29) is 12.6 Å². The second kappa shape index (κ2) is 6.33. The monoisotopic (exact) mass is 297 g/mol. The van der Waals surface area contributed by atoms with E-state index in [4.69, 9.17) is 28.2 Å². The zero-order valence-electron chi connectivity index (χ0n) is 11.3. The van der Waals surface area contributed by atoms with E-state index in [1.165, 1.54) is 0 Å². The number of nitrogens with zero attached hydrogens (tertiary/aromatic N) is 1. The smallest absolute Gasteiger partial charge is 0.250 e. The van der Waals surface area contributed by atoms with Crippen LogP contribution in [0.4, 0.5) is 11.4 Å². The number of carbonyl (C=O) groups is 1. The Balaban J connectivity index is 2.38. The number of benzene rings is 1. The molecule has 5 N–H and O–H groups in total. The summed E-state index contributed by atoms with van der Waals surface area (Å²) in [4.78, 5) is 13.8. The van der Waals surface area contributed by atoms with Crippen LogP contribution in [-0.2, 0) is 0 Å². The molecule has 1 saturated heterocycles. The van der Waals surface area contributed by atoms with Gasteiger partial charge in [-0.1, -0.05) is 11.6 Å². The molecule has 0 spiro atoms. The Kier molecular flexibility index (Phi) is 4.73. The number of primary amides is 1. The van der Waals surface area contributed by atoms with Crippen molar-refractivity contribution >= 4 is 28.9 Å². The van der Waals surface area contributed by atoms with Gasteiger partial charge in [0.15, 0.2) is 0 Å². The fourth-order valence-electron chi connectivity index (χ4n) is 2.86. The summed E-state index contributed by atoms with van der Waals surface area (Å²) in [6.07, 6.45) is 3.67. The van der Waals surface area contributed by atoms with E-state index in [0.717, 1.165) is 32.2 Å². The summed E-state index contributed by atoms with van der Waals surface area (Å²) in [7, 11) is 0. The highest BCUT2D eigenvalue weighted by Crippen LogP contribution is 2.37. The highest BCUT2D eigenvalue weighted by molar-refractivity contribution is 6.34. The topological polar surface area (TPSA) is 92.6 Å². The third-order valence-corrected chi connectivity index (χ3v) is 4.00. The summed E-state index contributed by atoms with van der Waals surface area (Å²) in [6, 6.07) is 3.50. The number of nitrogens with two attached hydrogens (primary N) is 2. The number of halogens is 1. The highest BCUT2D eigenvalue weighted by Gasteiger charge is 2.29. The minimum absolute atomic E-state index is 0.169. The normalized spacial score (nSPS) is 18.5. The molecule has 1 amide bonds. The molecule has 1 atom stereocenters. The van der Waals surface area contributed by atoms with Crippen LogP contribution < -0.4 is 16.4 Å². The fourth-order valence-corrected chi connectivity index (χ4v) is 3.19. The Morgan fingerprint density at radius 1 is 1.50 bits per heavy atom. The van der Waals surface area contributed by atoms with Crippen LogP contribution in [0.15, 0.2) is 12.1 Å². The van der Waals surface area contributed by atoms with Crippen LogP contribution >= 0.6 is 11.6 Å². The molecule has 1 unspecified atom stereocenters. The van der Waals surface area contributed by atoms with Crippen molar-refractivity contribution < 1.29 is 9.90 Å². The van der Waals surface area contributed by atoms with Gasteiger partial charge in [0, 0.05) is 24.9 Å². The van der Waals surface area contributed by atoms with Gasteiger partial charge in [-0.05, 0) is 37.8 Å². The van der Waals surface area contributed by atoms with Crippen molar-refractivity contribution in [3.05, 3.63) is 22.7 Å². The molecular formula is C14H20ClN3O2. The maximum Gasteiger partial charge on any atom is 0.250 e. The molecule has 1 aromatic carbocycles. The molecule has 0 aromatic heterocycles. The Bertz CT molecular complexity index is 507. The lowest BCUT2D eigenvalue weighted by molar-refractivity contribution is 0.100. The average molecular weight is 298 g/mol.